The highest BCUT2D eigenvalue weighted by molar-refractivity contribution is 5.44. The van der Waals surface area contributed by atoms with Gasteiger partial charge in [-0.25, -0.2) is 4.39 Å². The van der Waals surface area contributed by atoms with Crippen molar-refractivity contribution in [2.45, 2.75) is 12.2 Å². The number of morpholine rings is 1. The number of hydrogen-bond acceptors (Lipinski definition) is 3. The molecule has 0 amide bonds. The molecule has 1 aromatic carbocycles. The third kappa shape index (κ3) is 2.41. The molecule has 2 N–H and O–H groups in total. The third-order valence-electron chi connectivity index (χ3n) is 2.74. The van der Waals surface area contributed by atoms with E-state index in [1.165, 1.54) is 0 Å². The summed E-state index contributed by atoms with van der Waals surface area (Å²) >= 11 is 0. The molecule has 0 aliphatic carbocycles. The SMILES string of the molecule is Oc1c(F)ccc(C(F)(F)F)c1[C@H]1COCCN1. The molecule has 0 unspecified atom stereocenters. The van der Waals surface area contributed by atoms with Crippen LogP contribution in [0.1, 0.15) is 17.2 Å². The minimum Gasteiger partial charge on any atom is -0.505 e. The summed E-state index contributed by atoms with van der Waals surface area (Å²) in [5.74, 6) is -2.06. The van der Waals surface area contributed by atoms with Crippen LogP contribution >= 0.6 is 0 Å². The lowest BCUT2D eigenvalue weighted by atomic mass is 9.98. The maximum absolute atomic E-state index is 13.2. The van der Waals surface area contributed by atoms with Gasteiger partial charge in [0.1, 0.15) is 0 Å². The zero-order valence-corrected chi connectivity index (χ0v) is 9.22. The van der Waals surface area contributed by atoms with Crippen LogP contribution in [0.3, 0.4) is 0 Å². The molecule has 0 saturated carbocycles. The molecule has 0 radical (unpaired) electrons. The number of phenols is 1. The van der Waals surface area contributed by atoms with Crippen LogP contribution in [-0.2, 0) is 10.9 Å². The van der Waals surface area contributed by atoms with E-state index in [9.17, 15) is 22.7 Å². The molecule has 1 aromatic rings. The van der Waals surface area contributed by atoms with Crippen molar-refractivity contribution in [3.63, 3.8) is 0 Å². The van der Waals surface area contributed by atoms with Crippen molar-refractivity contribution in [2.24, 2.45) is 0 Å². The summed E-state index contributed by atoms with van der Waals surface area (Å²) in [6.07, 6.45) is -4.65. The van der Waals surface area contributed by atoms with E-state index in [-0.39, 0.29) is 6.61 Å². The summed E-state index contributed by atoms with van der Waals surface area (Å²) in [6, 6.07) is 0.359. The summed E-state index contributed by atoms with van der Waals surface area (Å²) in [6.45, 7) is 0.673. The smallest absolute Gasteiger partial charge is 0.416 e. The van der Waals surface area contributed by atoms with E-state index >= 15 is 0 Å². The van der Waals surface area contributed by atoms with E-state index in [0.29, 0.717) is 25.3 Å². The van der Waals surface area contributed by atoms with Crippen LogP contribution < -0.4 is 5.32 Å². The minimum atomic E-state index is -4.65. The predicted molar refractivity (Wildman–Crippen MR) is 54.6 cm³/mol. The number of rotatable bonds is 1. The fraction of sp³-hybridized carbons (Fsp3) is 0.455. The van der Waals surface area contributed by atoms with Crippen LogP contribution in [-0.4, -0.2) is 24.9 Å². The molecule has 18 heavy (non-hydrogen) atoms. The first-order valence-corrected chi connectivity index (χ1v) is 5.31. The van der Waals surface area contributed by atoms with E-state index in [1.807, 2.05) is 0 Å². The first-order valence-electron chi connectivity index (χ1n) is 5.31. The Balaban J connectivity index is 2.50. The quantitative estimate of drug-likeness (QED) is 0.765. The second-order valence-corrected chi connectivity index (χ2v) is 3.94. The molecule has 1 fully saturated rings. The van der Waals surface area contributed by atoms with Crippen molar-refractivity contribution in [2.75, 3.05) is 19.8 Å². The number of phenolic OH excluding ortho intramolecular Hbond substituents is 1. The van der Waals surface area contributed by atoms with E-state index in [4.69, 9.17) is 4.74 Å². The topological polar surface area (TPSA) is 41.5 Å². The van der Waals surface area contributed by atoms with Gasteiger partial charge in [0.15, 0.2) is 11.6 Å². The first-order chi connectivity index (χ1) is 8.41. The first kappa shape index (κ1) is 13.1. The van der Waals surface area contributed by atoms with Gasteiger partial charge in [-0.2, -0.15) is 13.2 Å². The van der Waals surface area contributed by atoms with E-state index in [0.717, 1.165) is 0 Å². The molecular formula is C11H11F4NO2. The highest BCUT2D eigenvalue weighted by Crippen LogP contribution is 2.40. The average molecular weight is 265 g/mol. The van der Waals surface area contributed by atoms with E-state index in [2.05, 4.69) is 5.32 Å². The Morgan fingerprint density at radius 1 is 1.33 bits per heavy atom. The molecular weight excluding hydrogens is 254 g/mol. The number of halogens is 4. The second-order valence-electron chi connectivity index (χ2n) is 3.94. The number of aromatic hydroxyl groups is 1. The van der Waals surface area contributed by atoms with Gasteiger partial charge in [0.05, 0.1) is 24.8 Å². The van der Waals surface area contributed by atoms with Gasteiger partial charge >= 0.3 is 6.18 Å². The largest absolute Gasteiger partial charge is 0.505 e. The van der Waals surface area contributed by atoms with Gasteiger partial charge in [0, 0.05) is 12.1 Å². The summed E-state index contributed by atoms with van der Waals surface area (Å²) in [5, 5.41) is 12.3. The molecule has 1 aliphatic rings. The number of alkyl halides is 3. The minimum absolute atomic E-state index is 0.0416. The van der Waals surface area contributed by atoms with Crippen LogP contribution in [0.15, 0.2) is 12.1 Å². The molecule has 100 valence electrons. The molecule has 1 atom stereocenters. The van der Waals surface area contributed by atoms with Crippen LogP contribution in [0, 0.1) is 5.82 Å². The number of nitrogens with one attached hydrogen (secondary N) is 1. The molecule has 1 aliphatic heterocycles. The average Bonchev–Trinajstić information content (AvgIpc) is 2.32. The second kappa shape index (κ2) is 4.74. The maximum Gasteiger partial charge on any atom is 0.416 e. The van der Waals surface area contributed by atoms with Crippen molar-refractivity contribution < 1.29 is 27.4 Å². The van der Waals surface area contributed by atoms with E-state index < -0.39 is 34.9 Å². The van der Waals surface area contributed by atoms with Crippen LogP contribution in [0.4, 0.5) is 17.6 Å². The van der Waals surface area contributed by atoms with Gasteiger partial charge in [0.25, 0.3) is 0 Å². The van der Waals surface area contributed by atoms with Crippen LogP contribution in [0.2, 0.25) is 0 Å². The summed E-state index contributed by atoms with van der Waals surface area (Å²) in [4.78, 5) is 0. The Labute approximate surface area is 100 Å². The molecule has 3 nitrogen and oxygen atoms in total. The third-order valence-corrected chi connectivity index (χ3v) is 2.74. The van der Waals surface area contributed by atoms with Crippen LogP contribution in [0.25, 0.3) is 0 Å². The molecule has 7 heteroatoms. The highest BCUT2D eigenvalue weighted by Gasteiger charge is 2.38. The number of benzene rings is 1. The number of ether oxygens (including phenoxy) is 1. The Morgan fingerprint density at radius 2 is 2.06 bits per heavy atom. The Hall–Kier alpha value is -1.34. The molecule has 1 saturated heterocycles. The zero-order chi connectivity index (χ0) is 13.3. The molecule has 2 rings (SSSR count). The Bertz CT molecular complexity index is 441. The zero-order valence-electron chi connectivity index (χ0n) is 9.22. The predicted octanol–water partition coefficient (Wildman–Crippen LogP) is 2.21. The summed E-state index contributed by atoms with van der Waals surface area (Å²) < 4.78 is 56.7. The van der Waals surface area contributed by atoms with Crippen molar-refractivity contribution >= 4 is 0 Å². The van der Waals surface area contributed by atoms with Gasteiger partial charge in [-0.3, -0.25) is 0 Å². The summed E-state index contributed by atoms with van der Waals surface area (Å²) in [7, 11) is 0. The summed E-state index contributed by atoms with van der Waals surface area (Å²) in [5.41, 5.74) is -1.55. The van der Waals surface area contributed by atoms with Crippen molar-refractivity contribution in [3.05, 3.63) is 29.1 Å². The fourth-order valence-electron chi connectivity index (χ4n) is 1.93. The molecule has 1 heterocycles. The fourth-order valence-corrected chi connectivity index (χ4v) is 1.93. The van der Waals surface area contributed by atoms with Gasteiger partial charge in [-0.15, -0.1) is 0 Å². The lowest BCUT2D eigenvalue weighted by molar-refractivity contribution is -0.138. The maximum atomic E-state index is 13.2. The van der Waals surface area contributed by atoms with E-state index in [1.54, 1.807) is 0 Å². The van der Waals surface area contributed by atoms with Gasteiger partial charge in [-0.05, 0) is 12.1 Å². The van der Waals surface area contributed by atoms with Crippen molar-refractivity contribution in [1.82, 2.24) is 5.32 Å². The highest BCUT2D eigenvalue weighted by atomic mass is 19.4. The monoisotopic (exact) mass is 265 g/mol. The van der Waals surface area contributed by atoms with Crippen molar-refractivity contribution in [1.29, 1.82) is 0 Å². The lowest BCUT2D eigenvalue weighted by Gasteiger charge is -2.27. The molecule has 0 spiro atoms. The number of hydrogen-bond donors (Lipinski definition) is 2. The standard InChI is InChI=1S/C11H11F4NO2/c12-7-2-1-6(11(13,14)15)9(10(7)17)8-5-18-4-3-16-8/h1-2,8,16-17H,3-5H2/t8-/m1/s1. The Kier molecular flexibility index (Phi) is 3.45. The molecule has 0 aromatic heterocycles. The van der Waals surface area contributed by atoms with Gasteiger partial charge in [-0.1, -0.05) is 0 Å². The van der Waals surface area contributed by atoms with Gasteiger partial charge in [0.2, 0.25) is 0 Å². The lowest BCUT2D eigenvalue weighted by Crippen LogP contribution is -2.36. The Morgan fingerprint density at radius 3 is 2.61 bits per heavy atom. The van der Waals surface area contributed by atoms with Gasteiger partial charge < -0.3 is 15.2 Å². The molecule has 0 bridgehead atoms. The normalized spacial score (nSPS) is 21.0. The van der Waals surface area contributed by atoms with Crippen LogP contribution in [0.5, 0.6) is 5.75 Å². The van der Waals surface area contributed by atoms with Crippen molar-refractivity contribution in [3.8, 4) is 5.75 Å².